The van der Waals surface area contributed by atoms with Gasteiger partial charge in [0.15, 0.2) is 0 Å². The molecule has 2 heterocycles. The molecule has 4 nitrogen and oxygen atoms in total. The summed E-state index contributed by atoms with van der Waals surface area (Å²) >= 11 is 0. The Kier molecular flexibility index (Phi) is 3.97. The van der Waals surface area contributed by atoms with Gasteiger partial charge in [-0.15, -0.1) is 0 Å². The van der Waals surface area contributed by atoms with Crippen LogP contribution in [-0.4, -0.2) is 43.4 Å². The van der Waals surface area contributed by atoms with Gasteiger partial charge in [-0.05, 0) is 25.7 Å². The summed E-state index contributed by atoms with van der Waals surface area (Å²) in [6.45, 7) is 4.64. The maximum absolute atomic E-state index is 5.89. The number of nitrogens with zero attached hydrogens (tertiary/aromatic N) is 1. The summed E-state index contributed by atoms with van der Waals surface area (Å²) in [6.07, 6.45) is 6.23. The Morgan fingerprint density at radius 2 is 2.00 bits per heavy atom. The van der Waals surface area contributed by atoms with Crippen LogP contribution in [0.1, 0.15) is 32.1 Å². The third-order valence-corrected chi connectivity index (χ3v) is 3.46. The number of ether oxygens (including phenoxy) is 1. The number of piperidine rings is 1. The molecule has 0 aromatic heterocycles. The Balaban J connectivity index is 1.87. The zero-order valence-corrected chi connectivity index (χ0v) is 9.50. The number of nitrogens with two attached hydrogens (primary N) is 1. The molecule has 1 atom stereocenters. The maximum atomic E-state index is 5.89. The summed E-state index contributed by atoms with van der Waals surface area (Å²) in [7, 11) is 0. The van der Waals surface area contributed by atoms with Crippen LogP contribution in [-0.2, 0) is 4.74 Å². The SMILES string of the molecule is NCC1(NN2CCCCC2)CCCOC1. The van der Waals surface area contributed by atoms with E-state index in [0.717, 1.165) is 39.1 Å². The standard InChI is InChI=1S/C11H23N3O/c12-9-11(5-4-8-15-10-11)13-14-6-2-1-3-7-14/h13H,1-10,12H2. The van der Waals surface area contributed by atoms with Gasteiger partial charge in [0.2, 0.25) is 0 Å². The summed E-state index contributed by atoms with van der Waals surface area (Å²) in [5.41, 5.74) is 9.50. The minimum atomic E-state index is 0.00951. The van der Waals surface area contributed by atoms with Crippen molar-refractivity contribution in [2.24, 2.45) is 5.73 Å². The molecule has 0 bridgehead atoms. The van der Waals surface area contributed by atoms with Crippen LogP contribution in [0.25, 0.3) is 0 Å². The van der Waals surface area contributed by atoms with Crippen molar-refractivity contribution in [3.63, 3.8) is 0 Å². The van der Waals surface area contributed by atoms with Gasteiger partial charge in [-0.25, -0.2) is 10.4 Å². The van der Waals surface area contributed by atoms with Crippen LogP contribution in [0.15, 0.2) is 0 Å². The van der Waals surface area contributed by atoms with Crippen LogP contribution in [0.4, 0.5) is 0 Å². The van der Waals surface area contributed by atoms with E-state index in [4.69, 9.17) is 10.5 Å². The van der Waals surface area contributed by atoms with Crippen LogP contribution < -0.4 is 11.2 Å². The molecule has 2 rings (SSSR count). The van der Waals surface area contributed by atoms with Crippen LogP contribution in [0.3, 0.4) is 0 Å². The lowest BCUT2D eigenvalue weighted by Crippen LogP contribution is -2.63. The Hall–Kier alpha value is -0.160. The molecular weight excluding hydrogens is 190 g/mol. The largest absolute Gasteiger partial charge is 0.379 e. The normalized spacial score (nSPS) is 34.2. The monoisotopic (exact) mass is 213 g/mol. The average Bonchev–Trinajstić information content (AvgIpc) is 2.32. The van der Waals surface area contributed by atoms with Gasteiger partial charge in [0.25, 0.3) is 0 Å². The van der Waals surface area contributed by atoms with Crippen LogP contribution in [0, 0.1) is 0 Å². The smallest absolute Gasteiger partial charge is 0.0681 e. The quantitative estimate of drug-likeness (QED) is 0.716. The fourth-order valence-corrected chi connectivity index (χ4v) is 2.49. The first-order valence-electron chi connectivity index (χ1n) is 6.15. The Bertz CT molecular complexity index is 186. The van der Waals surface area contributed by atoms with Crippen molar-refractivity contribution in [2.75, 3.05) is 32.8 Å². The van der Waals surface area contributed by atoms with Crippen LogP contribution in [0.5, 0.6) is 0 Å². The summed E-state index contributed by atoms with van der Waals surface area (Å²) in [4.78, 5) is 0. The summed E-state index contributed by atoms with van der Waals surface area (Å²) in [6, 6.07) is 0. The topological polar surface area (TPSA) is 50.5 Å². The van der Waals surface area contributed by atoms with E-state index in [1.807, 2.05) is 0 Å². The lowest BCUT2D eigenvalue weighted by Gasteiger charge is -2.42. The number of hydrogen-bond donors (Lipinski definition) is 2. The fraction of sp³-hybridized carbons (Fsp3) is 1.00. The number of rotatable bonds is 3. The second-order valence-electron chi connectivity index (χ2n) is 4.80. The molecule has 0 saturated carbocycles. The minimum absolute atomic E-state index is 0.00951. The van der Waals surface area contributed by atoms with E-state index in [2.05, 4.69) is 10.4 Å². The third-order valence-electron chi connectivity index (χ3n) is 3.46. The molecule has 1 unspecified atom stereocenters. The number of hydrogen-bond acceptors (Lipinski definition) is 4. The molecule has 2 aliphatic rings. The van der Waals surface area contributed by atoms with Gasteiger partial charge in [-0.1, -0.05) is 6.42 Å². The maximum Gasteiger partial charge on any atom is 0.0681 e. The highest BCUT2D eigenvalue weighted by Gasteiger charge is 2.33. The molecule has 2 aliphatic heterocycles. The van der Waals surface area contributed by atoms with Crippen molar-refractivity contribution >= 4 is 0 Å². The van der Waals surface area contributed by atoms with E-state index < -0.39 is 0 Å². The van der Waals surface area contributed by atoms with Crippen LogP contribution in [0.2, 0.25) is 0 Å². The zero-order valence-electron chi connectivity index (χ0n) is 9.50. The summed E-state index contributed by atoms with van der Waals surface area (Å²) < 4.78 is 5.55. The van der Waals surface area contributed by atoms with E-state index >= 15 is 0 Å². The van der Waals surface area contributed by atoms with Gasteiger partial charge >= 0.3 is 0 Å². The number of nitrogens with one attached hydrogen (secondary N) is 1. The van der Waals surface area contributed by atoms with Gasteiger partial charge in [0.05, 0.1) is 12.1 Å². The molecule has 0 aromatic rings. The van der Waals surface area contributed by atoms with Crippen molar-refractivity contribution in [3.05, 3.63) is 0 Å². The lowest BCUT2D eigenvalue weighted by molar-refractivity contribution is -0.0232. The first kappa shape index (κ1) is 11.3. The third kappa shape index (κ3) is 2.91. The van der Waals surface area contributed by atoms with Crippen molar-refractivity contribution < 1.29 is 4.74 Å². The van der Waals surface area contributed by atoms with Crippen molar-refractivity contribution in [1.29, 1.82) is 0 Å². The van der Waals surface area contributed by atoms with E-state index in [0.29, 0.717) is 6.54 Å². The van der Waals surface area contributed by atoms with E-state index in [9.17, 15) is 0 Å². The van der Waals surface area contributed by atoms with E-state index in [1.54, 1.807) is 0 Å². The first-order chi connectivity index (χ1) is 7.35. The molecule has 0 amide bonds. The molecular formula is C11H23N3O. The molecule has 15 heavy (non-hydrogen) atoms. The van der Waals surface area contributed by atoms with Gasteiger partial charge in [0.1, 0.15) is 0 Å². The van der Waals surface area contributed by atoms with Crippen LogP contribution >= 0.6 is 0 Å². The zero-order chi connectivity index (χ0) is 10.6. The van der Waals surface area contributed by atoms with Crippen molar-refractivity contribution in [1.82, 2.24) is 10.4 Å². The second-order valence-corrected chi connectivity index (χ2v) is 4.80. The fourth-order valence-electron chi connectivity index (χ4n) is 2.49. The van der Waals surface area contributed by atoms with Gasteiger partial charge in [-0.3, -0.25) is 0 Å². The molecule has 0 radical (unpaired) electrons. The molecule has 4 heteroatoms. The Morgan fingerprint density at radius 3 is 2.60 bits per heavy atom. The average molecular weight is 213 g/mol. The Morgan fingerprint density at radius 1 is 1.20 bits per heavy atom. The molecule has 0 spiro atoms. The van der Waals surface area contributed by atoms with E-state index in [1.165, 1.54) is 19.3 Å². The highest BCUT2D eigenvalue weighted by molar-refractivity contribution is 4.90. The highest BCUT2D eigenvalue weighted by atomic mass is 16.5. The molecule has 3 N–H and O–H groups in total. The van der Waals surface area contributed by atoms with E-state index in [-0.39, 0.29) is 5.54 Å². The minimum Gasteiger partial charge on any atom is -0.379 e. The predicted octanol–water partition coefficient (Wildman–Crippen LogP) is 0.485. The molecule has 2 saturated heterocycles. The van der Waals surface area contributed by atoms with Gasteiger partial charge in [-0.2, -0.15) is 0 Å². The second kappa shape index (κ2) is 5.25. The van der Waals surface area contributed by atoms with Gasteiger partial charge in [0, 0.05) is 26.2 Å². The van der Waals surface area contributed by atoms with Gasteiger partial charge < -0.3 is 10.5 Å². The lowest BCUT2D eigenvalue weighted by atomic mass is 9.93. The summed E-state index contributed by atoms with van der Waals surface area (Å²) in [5.74, 6) is 0. The Labute approximate surface area is 92.1 Å². The molecule has 0 aromatic carbocycles. The highest BCUT2D eigenvalue weighted by Crippen LogP contribution is 2.19. The first-order valence-corrected chi connectivity index (χ1v) is 6.15. The van der Waals surface area contributed by atoms with Crippen molar-refractivity contribution in [3.8, 4) is 0 Å². The molecule has 88 valence electrons. The molecule has 2 fully saturated rings. The predicted molar refractivity (Wildman–Crippen MR) is 60.4 cm³/mol. The summed E-state index contributed by atoms with van der Waals surface area (Å²) in [5, 5.41) is 2.34. The number of hydrazine groups is 1. The molecule has 0 aliphatic carbocycles. The van der Waals surface area contributed by atoms with Crippen molar-refractivity contribution in [2.45, 2.75) is 37.6 Å².